The number of nitrogens with zero attached hydrogens (tertiary/aromatic N) is 1. The van der Waals surface area contributed by atoms with E-state index in [2.05, 4.69) is 0 Å². The Hall–Kier alpha value is -0.900. The van der Waals surface area contributed by atoms with Crippen LogP contribution in [-0.4, -0.2) is 42.8 Å². The molecule has 0 bridgehead atoms. The number of morpholine rings is 1. The fourth-order valence-electron chi connectivity index (χ4n) is 1.15. The van der Waals surface area contributed by atoms with E-state index in [1.54, 1.807) is 11.8 Å². The van der Waals surface area contributed by atoms with Crippen LogP contribution in [0.15, 0.2) is 0 Å². The van der Waals surface area contributed by atoms with Crippen LogP contribution in [0.1, 0.15) is 13.3 Å². The zero-order chi connectivity index (χ0) is 8.97. The number of amides is 1. The van der Waals surface area contributed by atoms with Crippen molar-refractivity contribution in [1.82, 2.24) is 4.90 Å². The van der Waals surface area contributed by atoms with Gasteiger partial charge >= 0.3 is 0 Å². The van der Waals surface area contributed by atoms with Crippen molar-refractivity contribution < 1.29 is 9.53 Å². The van der Waals surface area contributed by atoms with Gasteiger partial charge < -0.3 is 15.0 Å². The molecular weight excluding hydrogens is 156 g/mol. The summed E-state index contributed by atoms with van der Waals surface area (Å²) in [6.07, 6.45) is 0.250. The minimum Gasteiger partial charge on any atom is -0.378 e. The predicted molar refractivity (Wildman–Crippen MR) is 45.4 cm³/mol. The molecule has 0 atom stereocenters. The van der Waals surface area contributed by atoms with Crippen LogP contribution in [0.25, 0.3) is 0 Å². The van der Waals surface area contributed by atoms with Crippen LogP contribution in [-0.2, 0) is 9.53 Å². The van der Waals surface area contributed by atoms with Crippen molar-refractivity contribution >= 4 is 11.6 Å². The van der Waals surface area contributed by atoms with E-state index >= 15 is 0 Å². The Morgan fingerprint density at radius 3 is 2.58 bits per heavy atom. The molecule has 12 heavy (non-hydrogen) atoms. The van der Waals surface area contributed by atoms with Gasteiger partial charge in [-0.1, -0.05) is 0 Å². The van der Waals surface area contributed by atoms with Gasteiger partial charge in [-0.3, -0.25) is 4.79 Å². The van der Waals surface area contributed by atoms with Crippen LogP contribution in [0.4, 0.5) is 0 Å². The molecule has 1 heterocycles. The third-order valence-corrected chi connectivity index (χ3v) is 1.78. The van der Waals surface area contributed by atoms with Crippen LogP contribution in [0.3, 0.4) is 0 Å². The Bertz CT molecular complexity index is 185. The van der Waals surface area contributed by atoms with Gasteiger partial charge in [0.2, 0.25) is 5.91 Å². The summed E-state index contributed by atoms with van der Waals surface area (Å²) in [7, 11) is 0. The van der Waals surface area contributed by atoms with Gasteiger partial charge in [0.05, 0.1) is 19.6 Å². The normalized spacial score (nSPS) is 17.6. The van der Waals surface area contributed by atoms with Gasteiger partial charge in [0.15, 0.2) is 0 Å². The molecule has 0 unspecified atom stereocenters. The largest absolute Gasteiger partial charge is 0.378 e. The third-order valence-electron chi connectivity index (χ3n) is 1.78. The lowest BCUT2D eigenvalue weighted by Gasteiger charge is -2.26. The highest BCUT2D eigenvalue weighted by Gasteiger charge is 2.16. The minimum atomic E-state index is 0.0470. The van der Waals surface area contributed by atoms with Crippen molar-refractivity contribution in [2.24, 2.45) is 0 Å². The first-order valence-electron chi connectivity index (χ1n) is 4.09. The Morgan fingerprint density at radius 1 is 1.50 bits per heavy atom. The van der Waals surface area contributed by atoms with Gasteiger partial charge in [-0.25, -0.2) is 0 Å². The molecule has 0 aromatic carbocycles. The van der Waals surface area contributed by atoms with Crippen molar-refractivity contribution in [3.63, 3.8) is 0 Å². The average molecular weight is 170 g/mol. The number of rotatable bonds is 2. The van der Waals surface area contributed by atoms with Gasteiger partial charge in [0.25, 0.3) is 0 Å². The standard InChI is InChI=1S/C8H14N2O2/c1-7(9)6-8(11)10-2-4-12-5-3-10/h9H,2-6H2,1H3. The number of carbonyl (C=O) groups is 1. The van der Waals surface area contributed by atoms with Crippen LogP contribution >= 0.6 is 0 Å². The molecule has 0 saturated carbocycles. The van der Waals surface area contributed by atoms with Gasteiger partial charge in [-0.2, -0.15) is 0 Å². The second kappa shape index (κ2) is 4.21. The summed E-state index contributed by atoms with van der Waals surface area (Å²) in [6.45, 7) is 4.25. The molecule has 4 heteroatoms. The Balaban J connectivity index is 2.34. The monoisotopic (exact) mass is 170 g/mol. The average Bonchev–Trinajstić information content (AvgIpc) is 2.05. The van der Waals surface area contributed by atoms with Gasteiger partial charge in [0.1, 0.15) is 0 Å². The van der Waals surface area contributed by atoms with Crippen molar-refractivity contribution in [3.05, 3.63) is 0 Å². The maximum Gasteiger partial charge on any atom is 0.228 e. The van der Waals surface area contributed by atoms with Crippen LogP contribution < -0.4 is 0 Å². The summed E-state index contributed by atoms with van der Waals surface area (Å²) in [6, 6.07) is 0. The van der Waals surface area contributed by atoms with E-state index in [9.17, 15) is 4.79 Å². The van der Waals surface area contributed by atoms with Crippen LogP contribution in [0.2, 0.25) is 0 Å². The van der Waals surface area contributed by atoms with Gasteiger partial charge in [-0.05, 0) is 6.92 Å². The van der Waals surface area contributed by atoms with Crippen molar-refractivity contribution in [1.29, 1.82) is 5.41 Å². The van der Waals surface area contributed by atoms with E-state index in [4.69, 9.17) is 10.1 Å². The summed E-state index contributed by atoms with van der Waals surface area (Å²) >= 11 is 0. The summed E-state index contributed by atoms with van der Waals surface area (Å²) < 4.78 is 5.11. The number of hydrogen-bond donors (Lipinski definition) is 1. The molecule has 4 nitrogen and oxygen atoms in total. The predicted octanol–water partition coefficient (Wildman–Crippen LogP) is 0.275. The van der Waals surface area contributed by atoms with Crippen molar-refractivity contribution in [2.75, 3.05) is 26.3 Å². The summed E-state index contributed by atoms with van der Waals surface area (Å²) in [4.78, 5) is 13.1. The smallest absolute Gasteiger partial charge is 0.228 e. The van der Waals surface area contributed by atoms with Crippen molar-refractivity contribution in [3.8, 4) is 0 Å². The molecule has 1 rings (SSSR count). The van der Waals surface area contributed by atoms with E-state index in [-0.39, 0.29) is 12.3 Å². The lowest BCUT2D eigenvalue weighted by atomic mass is 10.2. The van der Waals surface area contributed by atoms with Crippen molar-refractivity contribution in [2.45, 2.75) is 13.3 Å². The molecule has 1 amide bonds. The third kappa shape index (κ3) is 2.62. The van der Waals surface area contributed by atoms with Crippen LogP contribution in [0, 0.1) is 5.41 Å². The topological polar surface area (TPSA) is 53.4 Å². The molecule has 1 aliphatic heterocycles. The van der Waals surface area contributed by atoms with Crippen LogP contribution in [0.5, 0.6) is 0 Å². The molecule has 1 N–H and O–H groups in total. The van der Waals surface area contributed by atoms with Gasteiger partial charge in [-0.15, -0.1) is 0 Å². The second-order valence-electron chi connectivity index (χ2n) is 2.95. The highest BCUT2D eigenvalue weighted by atomic mass is 16.5. The molecule has 1 fully saturated rings. The Morgan fingerprint density at radius 2 is 2.08 bits per heavy atom. The molecule has 0 aromatic rings. The summed E-state index contributed by atoms with van der Waals surface area (Å²) in [5, 5.41) is 7.16. The van der Waals surface area contributed by atoms with E-state index in [0.29, 0.717) is 32.0 Å². The molecular formula is C8H14N2O2. The molecule has 68 valence electrons. The van der Waals surface area contributed by atoms with E-state index in [1.165, 1.54) is 0 Å². The molecule has 0 spiro atoms. The first kappa shape index (κ1) is 9.19. The lowest BCUT2D eigenvalue weighted by molar-refractivity contribution is -0.133. The number of hydrogen-bond acceptors (Lipinski definition) is 3. The maximum atomic E-state index is 11.3. The Labute approximate surface area is 72.0 Å². The summed E-state index contributed by atoms with van der Waals surface area (Å²) in [5.41, 5.74) is 0.423. The number of ether oxygens (including phenoxy) is 1. The molecule has 0 aliphatic carbocycles. The maximum absolute atomic E-state index is 11.3. The first-order valence-corrected chi connectivity index (χ1v) is 4.09. The first-order chi connectivity index (χ1) is 5.70. The zero-order valence-corrected chi connectivity index (χ0v) is 7.30. The molecule has 0 radical (unpaired) electrons. The van der Waals surface area contributed by atoms with E-state index in [1.807, 2.05) is 0 Å². The molecule has 0 aromatic heterocycles. The van der Waals surface area contributed by atoms with E-state index in [0.717, 1.165) is 0 Å². The second-order valence-corrected chi connectivity index (χ2v) is 2.95. The molecule has 1 aliphatic rings. The Kier molecular flexibility index (Phi) is 3.22. The highest BCUT2D eigenvalue weighted by Crippen LogP contribution is 2.00. The minimum absolute atomic E-state index is 0.0470. The highest BCUT2D eigenvalue weighted by molar-refractivity contribution is 5.98. The fourth-order valence-corrected chi connectivity index (χ4v) is 1.15. The fraction of sp³-hybridized carbons (Fsp3) is 0.750. The quantitative estimate of drug-likeness (QED) is 0.605. The number of carbonyl (C=O) groups excluding carboxylic acids is 1. The summed E-state index contributed by atoms with van der Waals surface area (Å²) in [5.74, 6) is 0.0470. The van der Waals surface area contributed by atoms with Gasteiger partial charge in [0, 0.05) is 18.8 Å². The molecule has 1 saturated heterocycles. The lowest BCUT2D eigenvalue weighted by Crippen LogP contribution is -2.41. The zero-order valence-electron chi connectivity index (χ0n) is 7.30. The SMILES string of the molecule is CC(=N)CC(=O)N1CCOCC1. The van der Waals surface area contributed by atoms with E-state index < -0.39 is 0 Å². The number of nitrogens with one attached hydrogen (secondary N) is 1.